The van der Waals surface area contributed by atoms with E-state index in [4.69, 9.17) is 0 Å². The van der Waals surface area contributed by atoms with Gasteiger partial charge in [0.2, 0.25) is 11.8 Å². The fraction of sp³-hybridized carbons (Fsp3) is 0.429. The molecule has 2 N–H and O–H groups in total. The number of unbranched alkanes of at least 4 members (excludes halogenated alkanes) is 1. The minimum atomic E-state index is -0.169. The number of benzene rings is 1. The Kier molecular flexibility index (Phi) is 7.89. The predicted octanol–water partition coefficient (Wildman–Crippen LogP) is 1.98. The van der Waals surface area contributed by atoms with Crippen LogP contribution in [0.3, 0.4) is 0 Å². The molecule has 2 amide bonds. The molecule has 0 unspecified atom stereocenters. The van der Waals surface area contributed by atoms with E-state index < -0.39 is 0 Å². The Morgan fingerprint density at radius 2 is 1.74 bits per heavy atom. The van der Waals surface area contributed by atoms with Crippen LogP contribution in [0.1, 0.15) is 24.8 Å². The maximum atomic E-state index is 11.5. The second kappa shape index (κ2) is 9.55. The van der Waals surface area contributed by atoms with Crippen LogP contribution in [0, 0.1) is 0 Å². The maximum absolute atomic E-state index is 11.5. The lowest BCUT2D eigenvalue weighted by Gasteiger charge is -2.07. The molecule has 0 atom stereocenters. The first-order valence-corrected chi connectivity index (χ1v) is 7.48. The van der Waals surface area contributed by atoms with Gasteiger partial charge in [0.25, 0.3) is 0 Å². The quantitative estimate of drug-likeness (QED) is 0.567. The van der Waals surface area contributed by atoms with Gasteiger partial charge in [-0.25, -0.2) is 0 Å². The van der Waals surface area contributed by atoms with E-state index in [1.807, 2.05) is 30.3 Å². The number of amides is 2. The predicted molar refractivity (Wildman–Crippen MR) is 78.9 cm³/mol. The SMILES string of the molecule is O=C(CCCCBr)NCC(=O)NCc1ccccc1. The Hall–Kier alpha value is -1.36. The zero-order chi connectivity index (χ0) is 13.9. The highest BCUT2D eigenvalue weighted by Crippen LogP contribution is 1.98. The molecule has 4 nitrogen and oxygen atoms in total. The third-order valence-corrected chi connectivity index (χ3v) is 3.13. The van der Waals surface area contributed by atoms with Crippen molar-refractivity contribution in [1.82, 2.24) is 10.6 Å². The molecule has 0 saturated carbocycles. The second-order valence-electron chi connectivity index (χ2n) is 4.19. The number of hydrogen-bond acceptors (Lipinski definition) is 2. The summed E-state index contributed by atoms with van der Waals surface area (Å²) >= 11 is 3.31. The van der Waals surface area contributed by atoms with Gasteiger partial charge in [-0.05, 0) is 18.4 Å². The van der Waals surface area contributed by atoms with Gasteiger partial charge in [-0.3, -0.25) is 9.59 Å². The van der Waals surface area contributed by atoms with E-state index in [9.17, 15) is 9.59 Å². The first-order valence-electron chi connectivity index (χ1n) is 6.35. The fourth-order valence-corrected chi connectivity index (χ4v) is 1.90. The summed E-state index contributed by atoms with van der Waals surface area (Å²) in [6, 6.07) is 9.66. The van der Waals surface area contributed by atoms with Crippen LogP contribution in [0.5, 0.6) is 0 Å². The van der Waals surface area contributed by atoms with Crippen LogP contribution >= 0.6 is 15.9 Å². The van der Waals surface area contributed by atoms with Crippen LogP contribution in [-0.2, 0) is 16.1 Å². The largest absolute Gasteiger partial charge is 0.350 e. The van der Waals surface area contributed by atoms with E-state index in [1.165, 1.54) is 0 Å². The Bertz CT molecular complexity index is 396. The molecule has 0 aromatic heterocycles. The lowest BCUT2D eigenvalue weighted by Crippen LogP contribution is -2.36. The van der Waals surface area contributed by atoms with Crippen molar-refractivity contribution in [3.63, 3.8) is 0 Å². The third-order valence-electron chi connectivity index (χ3n) is 2.57. The highest BCUT2D eigenvalue weighted by Gasteiger charge is 2.04. The van der Waals surface area contributed by atoms with Gasteiger partial charge in [-0.1, -0.05) is 46.3 Å². The molecular weight excluding hydrogens is 308 g/mol. The molecule has 0 fully saturated rings. The summed E-state index contributed by atoms with van der Waals surface area (Å²) in [6.45, 7) is 0.527. The highest BCUT2D eigenvalue weighted by molar-refractivity contribution is 9.09. The van der Waals surface area contributed by atoms with Gasteiger partial charge in [-0.2, -0.15) is 0 Å². The van der Waals surface area contributed by atoms with Crippen molar-refractivity contribution in [2.75, 3.05) is 11.9 Å². The van der Waals surface area contributed by atoms with Crippen molar-refractivity contribution >= 4 is 27.7 Å². The molecule has 0 aliphatic carbocycles. The summed E-state index contributed by atoms with van der Waals surface area (Å²) in [7, 11) is 0. The minimum absolute atomic E-state index is 0.0416. The molecule has 0 aliphatic heterocycles. The lowest BCUT2D eigenvalue weighted by atomic mass is 10.2. The Morgan fingerprint density at radius 3 is 2.42 bits per heavy atom. The van der Waals surface area contributed by atoms with Crippen molar-refractivity contribution in [1.29, 1.82) is 0 Å². The van der Waals surface area contributed by atoms with Gasteiger partial charge >= 0.3 is 0 Å². The zero-order valence-electron chi connectivity index (χ0n) is 10.8. The van der Waals surface area contributed by atoms with Crippen molar-refractivity contribution in [3.8, 4) is 0 Å². The summed E-state index contributed by atoms with van der Waals surface area (Å²) in [4.78, 5) is 22.9. The van der Waals surface area contributed by atoms with Crippen LogP contribution in [0.15, 0.2) is 30.3 Å². The van der Waals surface area contributed by atoms with Crippen LogP contribution < -0.4 is 10.6 Å². The van der Waals surface area contributed by atoms with Crippen molar-refractivity contribution in [2.45, 2.75) is 25.8 Å². The summed E-state index contributed by atoms with van der Waals surface area (Å²) < 4.78 is 0. The molecule has 19 heavy (non-hydrogen) atoms. The van der Waals surface area contributed by atoms with E-state index in [1.54, 1.807) is 0 Å². The summed E-state index contributed by atoms with van der Waals surface area (Å²) in [6.07, 6.45) is 2.27. The van der Waals surface area contributed by atoms with Crippen LogP contribution in [0.4, 0.5) is 0 Å². The Labute approximate surface area is 122 Å². The van der Waals surface area contributed by atoms with E-state index in [0.717, 1.165) is 23.7 Å². The van der Waals surface area contributed by atoms with Crippen LogP contribution in [0.25, 0.3) is 0 Å². The van der Waals surface area contributed by atoms with Gasteiger partial charge < -0.3 is 10.6 Å². The summed E-state index contributed by atoms with van der Waals surface area (Å²) in [5, 5.41) is 6.27. The smallest absolute Gasteiger partial charge is 0.239 e. The van der Waals surface area contributed by atoms with E-state index in [2.05, 4.69) is 26.6 Å². The molecule has 1 aromatic rings. The van der Waals surface area contributed by atoms with Gasteiger partial charge in [0.05, 0.1) is 6.54 Å². The summed E-state index contributed by atoms with van der Waals surface area (Å²) in [5.74, 6) is -0.242. The Morgan fingerprint density at radius 1 is 1.00 bits per heavy atom. The minimum Gasteiger partial charge on any atom is -0.350 e. The first kappa shape index (κ1) is 15.7. The number of carbonyl (C=O) groups excluding carboxylic acids is 2. The lowest BCUT2D eigenvalue weighted by molar-refractivity contribution is -0.126. The molecule has 104 valence electrons. The molecule has 0 aliphatic rings. The monoisotopic (exact) mass is 326 g/mol. The molecule has 5 heteroatoms. The average Bonchev–Trinajstić information content (AvgIpc) is 2.44. The molecular formula is C14H19BrN2O2. The number of nitrogens with one attached hydrogen (secondary N) is 2. The van der Waals surface area contributed by atoms with Crippen molar-refractivity contribution in [2.24, 2.45) is 0 Å². The van der Waals surface area contributed by atoms with Crippen LogP contribution in [0.2, 0.25) is 0 Å². The molecule has 0 radical (unpaired) electrons. The number of halogens is 1. The normalized spacial score (nSPS) is 9.95. The molecule has 0 saturated heterocycles. The first-order chi connectivity index (χ1) is 9.22. The number of rotatable bonds is 8. The average molecular weight is 327 g/mol. The standard InChI is InChI=1S/C14H19BrN2O2/c15-9-5-4-8-13(18)17-11-14(19)16-10-12-6-2-1-3-7-12/h1-3,6-7H,4-5,8-11H2,(H,16,19)(H,17,18). The summed E-state index contributed by atoms with van der Waals surface area (Å²) in [5.41, 5.74) is 1.04. The molecule has 0 heterocycles. The maximum Gasteiger partial charge on any atom is 0.239 e. The number of hydrogen-bond donors (Lipinski definition) is 2. The Balaban J connectivity index is 2.12. The molecule has 1 aromatic carbocycles. The van der Waals surface area contributed by atoms with Gasteiger partial charge in [0.15, 0.2) is 0 Å². The highest BCUT2D eigenvalue weighted by atomic mass is 79.9. The van der Waals surface area contributed by atoms with Crippen molar-refractivity contribution < 1.29 is 9.59 Å². The second-order valence-corrected chi connectivity index (χ2v) is 4.98. The molecule has 1 rings (SSSR count). The zero-order valence-corrected chi connectivity index (χ0v) is 12.4. The van der Waals surface area contributed by atoms with Crippen molar-refractivity contribution in [3.05, 3.63) is 35.9 Å². The number of carbonyl (C=O) groups is 2. The number of alkyl halides is 1. The van der Waals surface area contributed by atoms with E-state index in [0.29, 0.717) is 13.0 Å². The third kappa shape index (κ3) is 7.62. The molecule has 0 spiro atoms. The van der Waals surface area contributed by atoms with Gasteiger partial charge in [0.1, 0.15) is 0 Å². The van der Waals surface area contributed by atoms with Crippen LogP contribution in [-0.4, -0.2) is 23.7 Å². The van der Waals surface area contributed by atoms with Gasteiger partial charge in [0, 0.05) is 18.3 Å². The molecule has 0 bridgehead atoms. The van der Waals surface area contributed by atoms with E-state index >= 15 is 0 Å². The van der Waals surface area contributed by atoms with Gasteiger partial charge in [-0.15, -0.1) is 0 Å². The van der Waals surface area contributed by atoms with E-state index in [-0.39, 0.29) is 18.4 Å². The fourth-order valence-electron chi connectivity index (χ4n) is 1.51. The topological polar surface area (TPSA) is 58.2 Å².